The third-order valence-electron chi connectivity index (χ3n) is 3.23. The molecule has 0 saturated carbocycles. The third kappa shape index (κ3) is 2.61. The molecule has 2 aromatic rings. The molecule has 1 unspecified atom stereocenters. The first-order valence-electron chi connectivity index (χ1n) is 6.32. The molecule has 19 heavy (non-hydrogen) atoms. The molecule has 0 aliphatic carbocycles. The lowest BCUT2D eigenvalue weighted by atomic mass is 10.2. The van der Waals surface area contributed by atoms with Crippen molar-refractivity contribution in [1.82, 2.24) is 9.55 Å². The number of aromatic carboxylic acids is 1. The molecule has 1 heterocycles. The normalized spacial score (nSPS) is 12.8. The number of methoxy groups -OCH3 is 1. The molecule has 0 aliphatic rings. The van der Waals surface area contributed by atoms with Gasteiger partial charge < -0.3 is 14.4 Å². The fourth-order valence-electron chi connectivity index (χ4n) is 2.12. The number of carboxylic acids is 1. The van der Waals surface area contributed by atoms with E-state index in [1.54, 1.807) is 19.2 Å². The fourth-order valence-corrected chi connectivity index (χ4v) is 2.12. The van der Waals surface area contributed by atoms with E-state index in [-0.39, 0.29) is 11.7 Å². The molecule has 0 radical (unpaired) electrons. The monoisotopic (exact) mass is 262 g/mol. The van der Waals surface area contributed by atoms with E-state index in [0.717, 1.165) is 23.3 Å². The van der Waals surface area contributed by atoms with Crippen LogP contribution in [0.3, 0.4) is 0 Å². The third-order valence-corrected chi connectivity index (χ3v) is 3.23. The number of carboxylic acid groups (broad SMARTS) is 1. The summed E-state index contributed by atoms with van der Waals surface area (Å²) in [7, 11) is 1.68. The Kier molecular flexibility index (Phi) is 3.85. The van der Waals surface area contributed by atoms with Gasteiger partial charge in [0.05, 0.1) is 29.2 Å². The van der Waals surface area contributed by atoms with Crippen LogP contribution in [0.2, 0.25) is 0 Å². The average Bonchev–Trinajstić information content (AvgIpc) is 2.75. The van der Waals surface area contributed by atoms with Crippen LogP contribution in [0.5, 0.6) is 0 Å². The van der Waals surface area contributed by atoms with E-state index in [2.05, 4.69) is 9.55 Å². The van der Waals surface area contributed by atoms with Crippen molar-refractivity contribution in [3.8, 4) is 0 Å². The van der Waals surface area contributed by atoms with Crippen molar-refractivity contribution < 1.29 is 14.6 Å². The fraction of sp³-hybridized carbons (Fsp3) is 0.429. The zero-order valence-electron chi connectivity index (χ0n) is 11.4. The van der Waals surface area contributed by atoms with Crippen molar-refractivity contribution >= 4 is 17.0 Å². The van der Waals surface area contributed by atoms with Crippen molar-refractivity contribution in [3.63, 3.8) is 0 Å². The number of hydrogen-bond donors (Lipinski definition) is 1. The van der Waals surface area contributed by atoms with Gasteiger partial charge in [0, 0.05) is 13.5 Å². The van der Waals surface area contributed by atoms with Gasteiger partial charge >= 0.3 is 5.97 Å². The highest BCUT2D eigenvalue weighted by Gasteiger charge is 2.13. The molecular formula is C14H18N2O3. The minimum absolute atomic E-state index is 0.0850. The van der Waals surface area contributed by atoms with Gasteiger partial charge in [-0.1, -0.05) is 6.92 Å². The Labute approximate surface area is 111 Å². The molecule has 0 bridgehead atoms. The van der Waals surface area contributed by atoms with Gasteiger partial charge in [-0.25, -0.2) is 9.78 Å². The van der Waals surface area contributed by atoms with Crippen LogP contribution in [0, 0.1) is 0 Å². The number of benzene rings is 1. The molecule has 0 aliphatic heterocycles. The predicted octanol–water partition coefficient (Wildman–Crippen LogP) is 2.33. The quantitative estimate of drug-likeness (QED) is 0.898. The number of imidazole rings is 1. The van der Waals surface area contributed by atoms with Gasteiger partial charge in [0.25, 0.3) is 0 Å². The highest BCUT2D eigenvalue weighted by Crippen LogP contribution is 2.19. The standard InChI is InChI=1S/C14H18N2O3/c1-4-13-15-11-7-10(14(17)18)5-6-12(11)16(13)8-9(2)19-3/h5-7,9H,4,8H2,1-3H3,(H,17,18). The Balaban J connectivity index is 2.52. The Morgan fingerprint density at radius 3 is 2.84 bits per heavy atom. The van der Waals surface area contributed by atoms with Crippen LogP contribution in [-0.4, -0.2) is 33.8 Å². The Morgan fingerprint density at radius 1 is 1.53 bits per heavy atom. The highest BCUT2D eigenvalue weighted by molar-refractivity contribution is 5.92. The number of fused-ring (bicyclic) bond motifs is 1. The lowest BCUT2D eigenvalue weighted by Gasteiger charge is -2.13. The summed E-state index contributed by atoms with van der Waals surface area (Å²) in [6, 6.07) is 5.04. The van der Waals surface area contributed by atoms with E-state index in [1.165, 1.54) is 0 Å². The van der Waals surface area contributed by atoms with Gasteiger partial charge in [-0.2, -0.15) is 0 Å². The molecule has 0 spiro atoms. The predicted molar refractivity (Wildman–Crippen MR) is 72.5 cm³/mol. The zero-order chi connectivity index (χ0) is 14.0. The average molecular weight is 262 g/mol. The van der Waals surface area contributed by atoms with Crippen molar-refractivity contribution in [2.75, 3.05) is 7.11 Å². The zero-order valence-corrected chi connectivity index (χ0v) is 11.4. The largest absolute Gasteiger partial charge is 0.478 e. The Hall–Kier alpha value is -1.88. The summed E-state index contributed by atoms with van der Waals surface area (Å²) in [6.07, 6.45) is 0.884. The van der Waals surface area contributed by atoms with Gasteiger partial charge in [0.15, 0.2) is 0 Å². The summed E-state index contributed by atoms with van der Waals surface area (Å²) in [6.45, 7) is 4.74. The molecule has 0 fully saturated rings. The Morgan fingerprint density at radius 2 is 2.26 bits per heavy atom. The topological polar surface area (TPSA) is 64.3 Å². The van der Waals surface area contributed by atoms with E-state index >= 15 is 0 Å². The lowest BCUT2D eigenvalue weighted by Crippen LogP contribution is -2.16. The van der Waals surface area contributed by atoms with Crippen molar-refractivity contribution in [2.45, 2.75) is 32.9 Å². The van der Waals surface area contributed by atoms with E-state index in [9.17, 15) is 4.79 Å². The summed E-state index contributed by atoms with van der Waals surface area (Å²) in [5, 5.41) is 9.01. The molecule has 2 rings (SSSR count). The number of carbonyl (C=O) groups is 1. The van der Waals surface area contributed by atoms with E-state index in [0.29, 0.717) is 6.54 Å². The molecule has 1 aromatic carbocycles. The smallest absolute Gasteiger partial charge is 0.335 e. The number of hydrogen-bond acceptors (Lipinski definition) is 3. The second kappa shape index (κ2) is 5.40. The minimum atomic E-state index is -0.931. The summed E-state index contributed by atoms with van der Waals surface area (Å²) in [5.41, 5.74) is 1.94. The van der Waals surface area contributed by atoms with Crippen LogP contribution in [0.1, 0.15) is 30.0 Å². The van der Waals surface area contributed by atoms with Crippen LogP contribution < -0.4 is 0 Å². The maximum atomic E-state index is 11.0. The van der Waals surface area contributed by atoms with Crippen molar-refractivity contribution in [1.29, 1.82) is 0 Å². The van der Waals surface area contributed by atoms with Crippen LogP contribution in [0.4, 0.5) is 0 Å². The molecule has 0 saturated heterocycles. The molecule has 0 amide bonds. The van der Waals surface area contributed by atoms with Crippen molar-refractivity contribution in [2.24, 2.45) is 0 Å². The second-order valence-electron chi connectivity index (χ2n) is 4.55. The van der Waals surface area contributed by atoms with Crippen molar-refractivity contribution in [3.05, 3.63) is 29.6 Å². The van der Waals surface area contributed by atoms with Crippen LogP contribution in [-0.2, 0) is 17.7 Å². The maximum absolute atomic E-state index is 11.0. The van der Waals surface area contributed by atoms with Gasteiger partial charge in [-0.05, 0) is 25.1 Å². The van der Waals surface area contributed by atoms with Crippen LogP contribution in [0.25, 0.3) is 11.0 Å². The first-order chi connectivity index (χ1) is 9.06. The van der Waals surface area contributed by atoms with Gasteiger partial charge in [0.1, 0.15) is 5.82 Å². The first kappa shape index (κ1) is 13.5. The Bertz CT molecular complexity index is 604. The summed E-state index contributed by atoms with van der Waals surface area (Å²) in [4.78, 5) is 15.5. The van der Waals surface area contributed by atoms with Gasteiger partial charge in [-0.15, -0.1) is 0 Å². The molecule has 1 atom stereocenters. The first-order valence-corrected chi connectivity index (χ1v) is 6.32. The summed E-state index contributed by atoms with van der Waals surface area (Å²) >= 11 is 0. The van der Waals surface area contributed by atoms with Crippen LogP contribution in [0.15, 0.2) is 18.2 Å². The molecule has 5 heteroatoms. The molecule has 5 nitrogen and oxygen atoms in total. The highest BCUT2D eigenvalue weighted by atomic mass is 16.5. The number of aromatic nitrogens is 2. The second-order valence-corrected chi connectivity index (χ2v) is 4.55. The maximum Gasteiger partial charge on any atom is 0.335 e. The molecule has 1 aromatic heterocycles. The van der Waals surface area contributed by atoms with E-state index in [4.69, 9.17) is 9.84 Å². The van der Waals surface area contributed by atoms with Gasteiger partial charge in [0.2, 0.25) is 0 Å². The molecule has 1 N–H and O–H groups in total. The number of aryl methyl sites for hydroxylation is 1. The van der Waals surface area contributed by atoms with E-state index < -0.39 is 5.97 Å². The lowest BCUT2D eigenvalue weighted by molar-refractivity contribution is 0.0697. The number of nitrogens with zero attached hydrogens (tertiary/aromatic N) is 2. The molecule has 102 valence electrons. The number of rotatable bonds is 5. The van der Waals surface area contributed by atoms with E-state index in [1.807, 2.05) is 19.9 Å². The minimum Gasteiger partial charge on any atom is -0.478 e. The summed E-state index contributed by atoms with van der Waals surface area (Å²) in [5.74, 6) is 0.0150. The van der Waals surface area contributed by atoms with Gasteiger partial charge in [-0.3, -0.25) is 0 Å². The molecular weight excluding hydrogens is 244 g/mol. The SMILES string of the molecule is CCc1nc2cc(C(=O)O)ccc2n1CC(C)OC. The number of ether oxygens (including phenoxy) is 1. The van der Waals surface area contributed by atoms with Crippen LogP contribution >= 0.6 is 0 Å². The summed E-state index contributed by atoms with van der Waals surface area (Å²) < 4.78 is 7.38.